The Balaban J connectivity index is 2.54. The van der Waals surface area contributed by atoms with Crippen molar-refractivity contribution in [3.8, 4) is 0 Å². The molecule has 1 aliphatic rings. The summed E-state index contributed by atoms with van der Waals surface area (Å²) < 4.78 is 0. The van der Waals surface area contributed by atoms with Crippen molar-refractivity contribution in [3.05, 3.63) is 12.2 Å². The number of imide groups is 1. The lowest BCUT2D eigenvalue weighted by Gasteiger charge is -2.09. The fraction of sp³-hybridized carbons (Fsp3) is 0.500. The molecule has 0 N–H and O–H groups in total. The van der Waals surface area contributed by atoms with E-state index in [1.54, 1.807) is 6.08 Å². The molecule has 0 saturated carbocycles. The minimum atomic E-state index is -0.0481. The van der Waals surface area contributed by atoms with E-state index in [0.29, 0.717) is 19.4 Å². The highest BCUT2D eigenvalue weighted by Gasteiger charge is 2.27. The van der Waals surface area contributed by atoms with E-state index in [-0.39, 0.29) is 11.8 Å². The van der Waals surface area contributed by atoms with Crippen LogP contribution in [0.4, 0.5) is 0 Å². The van der Waals surface area contributed by atoms with Crippen LogP contribution in [-0.2, 0) is 9.59 Å². The van der Waals surface area contributed by atoms with Crippen molar-refractivity contribution < 1.29 is 9.59 Å². The Morgan fingerprint density at radius 1 is 1.36 bits per heavy atom. The van der Waals surface area contributed by atoms with Gasteiger partial charge in [0.1, 0.15) is 0 Å². The second-order valence-electron chi connectivity index (χ2n) is 2.47. The third-order valence-corrected chi connectivity index (χ3v) is 1.68. The summed E-state index contributed by atoms with van der Waals surface area (Å²) in [6.45, 7) is 2.30. The number of nitrogens with zero attached hydrogens (tertiary/aromatic N) is 1. The Kier molecular flexibility index (Phi) is 2.41. The zero-order valence-corrected chi connectivity index (χ0v) is 6.54. The molecule has 1 aliphatic heterocycles. The van der Waals surface area contributed by atoms with E-state index < -0.39 is 0 Å². The van der Waals surface area contributed by atoms with E-state index in [1.165, 1.54) is 4.90 Å². The average Bonchev–Trinajstić information content (AvgIpc) is 2.29. The molecule has 3 heteroatoms. The Morgan fingerprint density at radius 2 is 1.91 bits per heavy atom. The summed E-state index contributed by atoms with van der Waals surface area (Å²) >= 11 is 0. The maximum atomic E-state index is 11.0. The van der Waals surface area contributed by atoms with E-state index in [4.69, 9.17) is 0 Å². The minimum absolute atomic E-state index is 0.0481. The molecule has 1 fully saturated rings. The second kappa shape index (κ2) is 3.32. The standard InChI is InChI=1S/C8H11NO2/c1-2-3-6-9-7(10)4-5-8(9)11/h2-3H,4-6H2,1H3/b3-2+. The summed E-state index contributed by atoms with van der Waals surface area (Å²) in [7, 11) is 0. The number of hydrogen-bond acceptors (Lipinski definition) is 2. The van der Waals surface area contributed by atoms with Crippen molar-refractivity contribution in [2.24, 2.45) is 0 Å². The van der Waals surface area contributed by atoms with E-state index in [0.717, 1.165) is 0 Å². The van der Waals surface area contributed by atoms with Crippen LogP contribution in [0.15, 0.2) is 12.2 Å². The van der Waals surface area contributed by atoms with Crippen molar-refractivity contribution in [1.82, 2.24) is 4.90 Å². The molecular formula is C8H11NO2. The smallest absolute Gasteiger partial charge is 0.229 e. The number of carbonyl (C=O) groups excluding carboxylic acids is 2. The van der Waals surface area contributed by atoms with E-state index in [1.807, 2.05) is 13.0 Å². The highest BCUT2D eigenvalue weighted by Crippen LogP contribution is 2.10. The van der Waals surface area contributed by atoms with E-state index in [2.05, 4.69) is 0 Å². The Morgan fingerprint density at radius 3 is 2.36 bits per heavy atom. The molecule has 0 aromatic rings. The lowest BCUT2D eigenvalue weighted by Crippen LogP contribution is -2.28. The largest absolute Gasteiger partial charge is 0.279 e. The lowest BCUT2D eigenvalue weighted by atomic mass is 10.4. The van der Waals surface area contributed by atoms with Gasteiger partial charge < -0.3 is 0 Å². The molecule has 0 radical (unpaired) electrons. The zero-order chi connectivity index (χ0) is 8.27. The predicted octanol–water partition coefficient (Wildman–Crippen LogP) is 0.712. The summed E-state index contributed by atoms with van der Waals surface area (Å²) in [6, 6.07) is 0. The number of amides is 2. The van der Waals surface area contributed by atoms with Crippen LogP contribution in [0, 0.1) is 0 Å². The Hall–Kier alpha value is -1.12. The molecule has 2 amide bonds. The molecule has 0 aliphatic carbocycles. The van der Waals surface area contributed by atoms with Gasteiger partial charge in [0.25, 0.3) is 0 Å². The summed E-state index contributed by atoms with van der Waals surface area (Å²) in [5.74, 6) is -0.0961. The summed E-state index contributed by atoms with van der Waals surface area (Å²) in [4.78, 5) is 23.2. The fourth-order valence-corrected chi connectivity index (χ4v) is 1.04. The first-order valence-electron chi connectivity index (χ1n) is 3.70. The molecular weight excluding hydrogens is 142 g/mol. The third kappa shape index (κ3) is 1.67. The van der Waals surface area contributed by atoms with Gasteiger partial charge in [0.15, 0.2) is 0 Å². The molecule has 1 heterocycles. The minimum Gasteiger partial charge on any atom is -0.279 e. The van der Waals surface area contributed by atoms with Gasteiger partial charge in [0, 0.05) is 19.4 Å². The molecule has 0 aromatic carbocycles. The van der Waals surface area contributed by atoms with Gasteiger partial charge in [-0.2, -0.15) is 0 Å². The maximum absolute atomic E-state index is 11.0. The number of allylic oxidation sites excluding steroid dienone is 1. The van der Waals surface area contributed by atoms with Crippen LogP contribution in [0.5, 0.6) is 0 Å². The average molecular weight is 153 g/mol. The van der Waals surface area contributed by atoms with Crippen molar-refractivity contribution in [2.75, 3.05) is 6.54 Å². The quantitative estimate of drug-likeness (QED) is 0.433. The van der Waals surface area contributed by atoms with Gasteiger partial charge in [-0.3, -0.25) is 14.5 Å². The molecule has 11 heavy (non-hydrogen) atoms. The lowest BCUT2D eigenvalue weighted by molar-refractivity contribution is -0.137. The SMILES string of the molecule is C/C=C/CN1C(=O)CCC1=O. The van der Waals surface area contributed by atoms with Crippen LogP contribution in [0.1, 0.15) is 19.8 Å². The summed E-state index contributed by atoms with van der Waals surface area (Å²) in [5, 5.41) is 0. The molecule has 1 rings (SSSR count). The normalized spacial score (nSPS) is 18.8. The van der Waals surface area contributed by atoms with Gasteiger partial charge in [0.05, 0.1) is 0 Å². The molecule has 0 spiro atoms. The molecule has 0 bridgehead atoms. The van der Waals surface area contributed by atoms with Gasteiger partial charge in [-0.25, -0.2) is 0 Å². The van der Waals surface area contributed by atoms with E-state index >= 15 is 0 Å². The molecule has 0 atom stereocenters. The highest BCUT2D eigenvalue weighted by atomic mass is 16.2. The molecule has 3 nitrogen and oxygen atoms in total. The topological polar surface area (TPSA) is 37.4 Å². The van der Waals surface area contributed by atoms with Gasteiger partial charge in [-0.05, 0) is 6.92 Å². The Bertz CT molecular complexity index is 192. The molecule has 60 valence electrons. The van der Waals surface area contributed by atoms with Crippen LogP contribution < -0.4 is 0 Å². The highest BCUT2D eigenvalue weighted by molar-refractivity contribution is 6.02. The molecule has 0 unspecified atom stereocenters. The zero-order valence-electron chi connectivity index (χ0n) is 6.54. The fourth-order valence-electron chi connectivity index (χ4n) is 1.04. The number of likely N-dealkylation sites (tertiary alicyclic amines) is 1. The number of rotatable bonds is 2. The van der Waals surface area contributed by atoms with Crippen molar-refractivity contribution in [1.29, 1.82) is 0 Å². The van der Waals surface area contributed by atoms with Crippen LogP contribution >= 0.6 is 0 Å². The summed E-state index contributed by atoms with van der Waals surface area (Å²) in [6.07, 6.45) is 4.41. The molecule has 1 saturated heterocycles. The van der Waals surface area contributed by atoms with Crippen LogP contribution in [0.25, 0.3) is 0 Å². The van der Waals surface area contributed by atoms with E-state index in [9.17, 15) is 9.59 Å². The first-order chi connectivity index (χ1) is 5.25. The predicted molar refractivity (Wildman–Crippen MR) is 40.8 cm³/mol. The van der Waals surface area contributed by atoms with Crippen molar-refractivity contribution in [2.45, 2.75) is 19.8 Å². The van der Waals surface area contributed by atoms with Crippen LogP contribution in [0.3, 0.4) is 0 Å². The third-order valence-electron chi connectivity index (χ3n) is 1.68. The monoisotopic (exact) mass is 153 g/mol. The van der Waals surface area contributed by atoms with Gasteiger partial charge >= 0.3 is 0 Å². The first-order valence-corrected chi connectivity index (χ1v) is 3.70. The second-order valence-corrected chi connectivity index (χ2v) is 2.47. The van der Waals surface area contributed by atoms with Crippen LogP contribution in [-0.4, -0.2) is 23.3 Å². The van der Waals surface area contributed by atoms with Crippen molar-refractivity contribution >= 4 is 11.8 Å². The first kappa shape index (κ1) is 7.98. The van der Waals surface area contributed by atoms with Gasteiger partial charge in [0.2, 0.25) is 11.8 Å². The number of hydrogen-bond donors (Lipinski definition) is 0. The maximum Gasteiger partial charge on any atom is 0.229 e. The number of carbonyl (C=O) groups is 2. The molecule has 0 aromatic heterocycles. The van der Waals surface area contributed by atoms with Gasteiger partial charge in [-0.1, -0.05) is 12.2 Å². The van der Waals surface area contributed by atoms with Gasteiger partial charge in [-0.15, -0.1) is 0 Å². The van der Waals surface area contributed by atoms with Crippen molar-refractivity contribution in [3.63, 3.8) is 0 Å². The summed E-state index contributed by atoms with van der Waals surface area (Å²) in [5.41, 5.74) is 0. The van der Waals surface area contributed by atoms with Crippen LogP contribution in [0.2, 0.25) is 0 Å². The Labute approximate surface area is 65.7 Å².